The molecule has 140 valence electrons. The molecule has 0 aliphatic carbocycles. The molecule has 27 heavy (non-hydrogen) atoms. The number of carbonyl (C=O) groups excluding carboxylic acids is 2. The zero-order chi connectivity index (χ0) is 18.8. The van der Waals surface area contributed by atoms with E-state index in [9.17, 15) is 14.0 Å². The monoisotopic (exact) mass is 366 g/mol. The van der Waals surface area contributed by atoms with Crippen LogP contribution in [0.2, 0.25) is 0 Å². The Hall–Kier alpha value is -2.69. The third-order valence-electron chi connectivity index (χ3n) is 5.57. The molecule has 4 nitrogen and oxygen atoms in total. The van der Waals surface area contributed by atoms with E-state index in [1.807, 2.05) is 17.0 Å². The van der Waals surface area contributed by atoms with E-state index in [0.29, 0.717) is 19.4 Å². The number of halogens is 1. The standard InChI is InChI=1S/C22H23FN2O2/c23-18-10-8-16(9-11-18)4-3-7-21(26)24-14-20-19-6-2-1-5-17(19)12-13-25(20)22(27)15-24/h1-2,5-6,8-11,20H,3-4,7,12-15H2. The average Bonchev–Trinajstić information content (AvgIpc) is 2.69. The summed E-state index contributed by atoms with van der Waals surface area (Å²) in [7, 11) is 0. The summed E-state index contributed by atoms with van der Waals surface area (Å²) in [6.07, 6.45) is 2.70. The summed E-state index contributed by atoms with van der Waals surface area (Å²) >= 11 is 0. The van der Waals surface area contributed by atoms with Crippen LogP contribution in [0, 0.1) is 5.82 Å². The van der Waals surface area contributed by atoms with Gasteiger partial charge in [-0.1, -0.05) is 36.4 Å². The Morgan fingerprint density at radius 1 is 1.11 bits per heavy atom. The average molecular weight is 366 g/mol. The highest BCUT2D eigenvalue weighted by Gasteiger charge is 2.38. The molecule has 1 saturated heterocycles. The fourth-order valence-electron chi connectivity index (χ4n) is 4.12. The topological polar surface area (TPSA) is 40.6 Å². The third-order valence-corrected chi connectivity index (χ3v) is 5.57. The van der Waals surface area contributed by atoms with Gasteiger partial charge in [0.1, 0.15) is 5.82 Å². The Labute approximate surface area is 158 Å². The normalized spacial score (nSPS) is 18.9. The van der Waals surface area contributed by atoms with Gasteiger partial charge >= 0.3 is 0 Å². The molecule has 1 atom stereocenters. The molecule has 1 unspecified atom stereocenters. The highest BCUT2D eigenvalue weighted by molar-refractivity contribution is 5.86. The van der Waals surface area contributed by atoms with Gasteiger partial charge in [-0.25, -0.2) is 4.39 Å². The first-order valence-electron chi connectivity index (χ1n) is 9.51. The molecule has 2 aromatic rings. The van der Waals surface area contributed by atoms with Crippen molar-refractivity contribution in [1.82, 2.24) is 9.80 Å². The van der Waals surface area contributed by atoms with E-state index < -0.39 is 0 Å². The van der Waals surface area contributed by atoms with Gasteiger partial charge < -0.3 is 9.80 Å². The van der Waals surface area contributed by atoms with Crippen LogP contribution in [0.5, 0.6) is 0 Å². The maximum Gasteiger partial charge on any atom is 0.242 e. The number of amides is 2. The second kappa shape index (κ2) is 7.51. The molecule has 0 aromatic heterocycles. The number of nitrogens with zero attached hydrogens (tertiary/aromatic N) is 2. The van der Waals surface area contributed by atoms with Gasteiger partial charge in [0.05, 0.1) is 12.6 Å². The molecular formula is C22H23FN2O2. The maximum absolute atomic E-state index is 13.0. The molecule has 0 spiro atoms. The zero-order valence-electron chi connectivity index (χ0n) is 15.2. The zero-order valence-corrected chi connectivity index (χ0v) is 15.2. The van der Waals surface area contributed by atoms with E-state index in [1.54, 1.807) is 17.0 Å². The van der Waals surface area contributed by atoms with Gasteiger partial charge in [-0.2, -0.15) is 0 Å². The van der Waals surface area contributed by atoms with Crippen LogP contribution in [0.25, 0.3) is 0 Å². The smallest absolute Gasteiger partial charge is 0.242 e. The molecule has 0 N–H and O–H groups in total. The van der Waals surface area contributed by atoms with Crippen LogP contribution in [0.3, 0.4) is 0 Å². The van der Waals surface area contributed by atoms with Gasteiger partial charge in [0.2, 0.25) is 11.8 Å². The van der Waals surface area contributed by atoms with Crippen molar-refractivity contribution in [3.05, 3.63) is 71.0 Å². The molecule has 2 amide bonds. The predicted molar refractivity (Wildman–Crippen MR) is 101 cm³/mol. The number of carbonyl (C=O) groups is 2. The van der Waals surface area contributed by atoms with E-state index in [-0.39, 0.29) is 30.2 Å². The van der Waals surface area contributed by atoms with Gasteiger partial charge in [0, 0.05) is 19.5 Å². The van der Waals surface area contributed by atoms with Crippen molar-refractivity contribution in [2.75, 3.05) is 19.6 Å². The minimum Gasteiger partial charge on any atom is -0.332 e. The quantitative estimate of drug-likeness (QED) is 0.834. The van der Waals surface area contributed by atoms with E-state index in [4.69, 9.17) is 0 Å². The molecule has 4 rings (SSSR count). The lowest BCUT2D eigenvalue weighted by Crippen LogP contribution is -2.55. The summed E-state index contributed by atoms with van der Waals surface area (Å²) in [6, 6.07) is 14.6. The van der Waals surface area contributed by atoms with E-state index in [0.717, 1.165) is 24.9 Å². The molecule has 2 heterocycles. The lowest BCUT2D eigenvalue weighted by Gasteiger charge is -2.44. The molecule has 0 bridgehead atoms. The first-order valence-corrected chi connectivity index (χ1v) is 9.51. The minimum atomic E-state index is -0.251. The van der Waals surface area contributed by atoms with Crippen molar-refractivity contribution < 1.29 is 14.0 Å². The van der Waals surface area contributed by atoms with Crippen LogP contribution in [0.15, 0.2) is 48.5 Å². The third kappa shape index (κ3) is 3.72. The van der Waals surface area contributed by atoms with Gasteiger partial charge in [0.15, 0.2) is 0 Å². The van der Waals surface area contributed by atoms with E-state index >= 15 is 0 Å². The summed E-state index contributed by atoms with van der Waals surface area (Å²) in [5.41, 5.74) is 3.46. The SMILES string of the molecule is O=C(CCCc1ccc(F)cc1)N1CC(=O)N2CCc3ccccc3C2C1. The van der Waals surface area contributed by atoms with Gasteiger partial charge in [-0.3, -0.25) is 9.59 Å². The van der Waals surface area contributed by atoms with Crippen LogP contribution in [-0.2, 0) is 22.4 Å². The highest BCUT2D eigenvalue weighted by atomic mass is 19.1. The summed E-state index contributed by atoms with van der Waals surface area (Å²) in [6.45, 7) is 1.47. The van der Waals surface area contributed by atoms with Crippen molar-refractivity contribution in [3.63, 3.8) is 0 Å². The lowest BCUT2D eigenvalue weighted by molar-refractivity contribution is -0.149. The fourth-order valence-corrected chi connectivity index (χ4v) is 4.12. The van der Waals surface area contributed by atoms with Crippen molar-refractivity contribution >= 4 is 11.8 Å². The predicted octanol–water partition coefficient (Wildman–Crippen LogP) is 3.12. The molecular weight excluding hydrogens is 343 g/mol. The molecule has 2 aliphatic rings. The minimum absolute atomic E-state index is 0.0215. The molecule has 1 fully saturated rings. The Morgan fingerprint density at radius 3 is 2.70 bits per heavy atom. The van der Waals surface area contributed by atoms with Crippen LogP contribution in [0.1, 0.15) is 35.6 Å². The summed E-state index contributed by atoms with van der Waals surface area (Å²) in [5, 5.41) is 0. The highest BCUT2D eigenvalue weighted by Crippen LogP contribution is 2.33. The first-order chi connectivity index (χ1) is 13.1. The van der Waals surface area contributed by atoms with Crippen LogP contribution in [-0.4, -0.2) is 41.2 Å². The number of rotatable bonds is 4. The van der Waals surface area contributed by atoms with E-state index in [1.165, 1.54) is 23.3 Å². The Kier molecular flexibility index (Phi) is 4.92. The molecule has 0 radical (unpaired) electrons. The van der Waals surface area contributed by atoms with Gasteiger partial charge in [-0.05, 0) is 48.1 Å². The largest absolute Gasteiger partial charge is 0.332 e. The number of benzene rings is 2. The number of piperazine rings is 1. The number of hydrogen-bond acceptors (Lipinski definition) is 2. The van der Waals surface area contributed by atoms with Crippen LogP contribution >= 0.6 is 0 Å². The second-order valence-corrected chi connectivity index (χ2v) is 7.31. The molecule has 0 saturated carbocycles. The van der Waals surface area contributed by atoms with Crippen molar-refractivity contribution in [1.29, 1.82) is 0 Å². The molecule has 5 heteroatoms. The Balaban J connectivity index is 1.39. The summed E-state index contributed by atoms with van der Waals surface area (Å²) in [4.78, 5) is 28.9. The van der Waals surface area contributed by atoms with Crippen molar-refractivity contribution in [3.8, 4) is 0 Å². The summed E-state index contributed by atoms with van der Waals surface area (Å²) in [5.74, 6) is -0.195. The Morgan fingerprint density at radius 2 is 1.89 bits per heavy atom. The van der Waals surface area contributed by atoms with Gasteiger partial charge in [-0.15, -0.1) is 0 Å². The van der Waals surface area contributed by atoms with Crippen LogP contribution < -0.4 is 0 Å². The second-order valence-electron chi connectivity index (χ2n) is 7.31. The molecule has 2 aromatic carbocycles. The fraction of sp³-hybridized carbons (Fsp3) is 0.364. The van der Waals surface area contributed by atoms with E-state index in [2.05, 4.69) is 12.1 Å². The number of aryl methyl sites for hydroxylation is 1. The van der Waals surface area contributed by atoms with Gasteiger partial charge in [0.25, 0.3) is 0 Å². The number of hydrogen-bond donors (Lipinski definition) is 0. The summed E-state index contributed by atoms with van der Waals surface area (Å²) < 4.78 is 13.0. The number of fused-ring (bicyclic) bond motifs is 3. The Bertz CT molecular complexity index is 850. The lowest BCUT2D eigenvalue weighted by atomic mass is 9.90. The molecule has 2 aliphatic heterocycles. The van der Waals surface area contributed by atoms with Crippen molar-refractivity contribution in [2.24, 2.45) is 0 Å². The van der Waals surface area contributed by atoms with Crippen molar-refractivity contribution in [2.45, 2.75) is 31.7 Å². The van der Waals surface area contributed by atoms with Crippen LogP contribution in [0.4, 0.5) is 4.39 Å². The first kappa shape index (κ1) is 17.7. The maximum atomic E-state index is 13.0.